The van der Waals surface area contributed by atoms with Crippen molar-refractivity contribution in [2.24, 2.45) is 0 Å². The number of carbonyl (C=O) groups excluding carboxylic acids is 1. The van der Waals surface area contributed by atoms with Crippen LogP contribution in [0.2, 0.25) is 0 Å². The lowest BCUT2D eigenvalue weighted by atomic mass is 10.1. The number of nitrogens with one attached hydrogen (secondary N) is 1. The molecule has 0 unspecified atom stereocenters. The van der Waals surface area contributed by atoms with Gasteiger partial charge in [-0.2, -0.15) is 0 Å². The molecule has 5 nitrogen and oxygen atoms in total. The number of amides is 1. The summed E-state index contributed by atoms with van der Waals surface area (Å²) in [7, 11) is 5.84. The van der Waals surface area contributed by atoms with E-state index >= 15 is 0 Å². The molecule has 0 bridgehead atoms. The highest BCUT2D eigenvalue weighted by Gasteiger charge is 2.10. The van der Waals surface area contributed by atoms with Crippen LogP contribution in [0.1, 0.15) is 22.3 Å². The van der Waals surface area contributed by atoms with Gasteiger partial charge < -0.3 is 19.5 Å². The Hall–Kier alpha value is -3.83. The number of methoxy groups -OCH3 is 1. The molecule has 0 atom stereocenters. The second kappa shape index (κ2) is 11.5. The van der Waals surface area contributed by atoms with Gasteiger partial charge in [0.15, 0.2) is 0 Å². The van der Waals surface area contributed by atoms with Gasteiger partial charge >= 0.3 is 0 Å². The summed E-state index contributed by atoms with van der Waals surface area (Å²) < 4.78 is 7.50. The van der Waals surface area contributed by atoms with Gasteiger partial charge in [0, 0.05) is 42.8 Å². The molecule has 0 saturated carbocycles. The maximum Gasteiger partial charge on any atom is 0.244 e. The molecular formula is C30H33N3O2. The molecule has 4 aromatic rings. The van der Waals surface area contributed by atoms with E-state index in [0.29, 0.717) is 6.54 Å². The van der Waals surface area contributed by atoms with Crippen molar-refractivity contribution in [3.63, 3.8) is 0 Å². The van der Waals surface area contributed by atoms with Crippen molar-refractivity contribution in [2.75, 3.05) is 27.7 Å². The summed E-state index contributed by atoms with van der Waals surface area (Å²) in [5.74, 6) is 0.688. The number of ether oxygens (including phenoxy) is 1. The van der Waals surface area contributed by atoms with E-state index in [2.05, 4.69) is 77.5 Å². The summed E-state index contributed by atoms with van der Waals surface area (Å²) in [5, 5.41) is 4.18. The molecule has 5 heteroatoms. The smallest absolute Gasteiger partial charge is 0.244 e. The lowest BCUT2D eigenvalue weighted by Crippen LogP contribution is -2.20. The fraction of sp³-hybridized carbons (Fsp3) is 0.233. The normalized spacial score (nSPS) is 11.4. The number of hydrogen-bond donors (Lipinski definition) is 1. The molecule has 1 amide bonds. The van der Waals surface area contributed by atoms with Crippen molar-refractivity contribution in [3.05, 3.63) is 107 Å². The van der Waals surface area contributed by atoms with Crippen LogP contribution in [-0.4, -0.2) is 43.1 Å². The predicted octanol–water partition coefficient (Wildman–Crippen LogP) is 5.13. The number of likely N-dealkylation sites (N-methyl/N-ethyl adjacent to an activating group) is 1. The number of aromatic nitrogens is 1. The van der Waals surface area contributed by atoms with Gasteiger partial charge in [-0.15, -0.1) is 0 Å². The van der Waals surface area contributed by atoms with Gasteiger partial charge in [-0.05, 0) is 73.1 Å². The van der Waals surface area contributed by atoms with Crippen LogP contribution in [0, 0.1) is 0 Å². The Morgan fingerprint density at radius 1 is 1.00 bits per heavy atom. The van der Waals surface area contributed by atoms with Gasteiger partial charge in [0.2, 0.25) is 5.91 Å². The highest BCUT2D eigenvalue weighted by molar-refractivity contribution is 5.93. The first kappa shape index (κ1) is 24.3. The van der Waals surface area contributed by atoms with Crippen molar-refractivity contribution in [1.82, 2.24) is 14.8 Å². The fourth-order valence-corrected chi connectivity index (χ4v) is 4.11. The van der Waals surface area contributed by atoms with E-state index in [9.17, 15) is 4.79 Å². The second-order valence-electron chi connectivity index (χ2n) is 9.00. The van der Waals surface area contributed by atoms with Gasteiger partial charge in [0.25, 0.3) is 0 Å². The minimum atomic E-state index is -0.115. The molecule has 0 spiro atoms. The molecule has 0 radical (unpaired) electrons. The third-order valence-electron chi connectivity index (χ3n) is 6.06. The van der Waals surface area contributed by atoms with Gasteiger partial charge in [0.1, 0.15) is 5.75 Å². The molecule has 35 heavy (non-hydrogen) atoms. The topological polar surface area (TPSA) is 46.5 Å². The minimum Gasteiger partial charge on any atom is -0.497 e. The second-order valence-corrected chi connectivity index (χ2v) is 9.00. The highest BCUT2D eigenvalue weighted by atomic mass is 16.5. The van der Waals surface area contributed by atoms with E-state index in [1.165, 1.54) is 22.0 Å². The Bertz CT molecular complexity index is 1290. The largest absolute Gasteiger partial charge is 0.497 e. The third-order valence-corrected chi connectivity index (χ3v) is 6.06. The van der Waals surface area contributed by atoms with E-state index in [-0.39, 0.29) is 5.91 Å². The van der Waals surface area contributed by atoms with Gasteiger partial charge in [-0.25, -0.2) is 0 Å². The molecule has 4 rings (SSSR count). The van der Waals surface area contributed by atoms with Crippen molar-refractivity contribution < 1.29 is 9.53 Å². The molecule has 1 N–H and O–H groups in total. The Balaban J connectivity index is 1.49. The molecule has 0 fully saturated rings. The van der Waals surface area contributed by atoms with Crippen LogP contribution in [-0.2, 0) is 24.3 Å². The lowest BCUT2D eigenvalue weighted by molar-refractivity contribution is -0.116. The molecule has 1 heterocycles. The zero-order valence-electron chi connectivity index (χ0n) is 20.7. The third kappa shape index (κ3) is 6.61. The summed E-state index contributed by atoms with van der Waals surface area (Å²) in [6, 6.07) is 24.6. The molecule has 0 saturated heterocycles. The molecule has 0 aliphatic heterocycles. The quantitative estimate of drug-likeness (QED) is 0.329. The zero-order valence-corrected chi connectivity index (χ0v) is 20.7. The Labute approximate surface area is 207 Å². The van der Waals surface area contributed by atoms with Crippen molar-refractivity contribution in [2.45, 2.75) is 19.5 Å². The summed E-state index contributed by atoms with van der Waals surface area (Å²) in [6.07, 6.45) is 6.73. The first-order valence-corrected chi connectivity index (χ1v) is 11.9. The molecule has 3 aromatic carbocycles. The Morgan fingerprint density at radius 2 is 1.77 bits per heavy atom. The van der Waals surface area contributed by atoms with E-state index in [4.69, 9.17) is 4.74 Å². The standard InChI is InChI=1S/C30H33N3O2/c1-32(2)18-17-26-22-33(21-25-7-5-4-6-8-25)29-15-11-23(19-28(26)29)12-16-30(34)31-20-24-9-13-27(35-3)14-10-24/h4-16,19,22H,17-18,20-21H2,1-3H3,(H,31,34). The van der Waals surface area contributed by atoms with Crippen molar-refractivity contribution in [3.8, 4) is 5.75 Å². The Kier molecular flexibility index (Phi) is 8.01. The summed E-state index contributed by atoms with van der Waals surface area (Å²) in [6.45, 7) is 2.30. The minimum absolute atomic E-state index is 0.115. The van der Waals surface area contributed by atoms with E-state index in [1.54, 1.807) is 13.2 Å². The highest BCUT2D eigenvalue weighted by Crippen LogP contribution is 2.25. The summed E-state index contributed by atoms with van der Waals surface area (Å²) in [5.41, 5.74) is 5.86. The Morgan fingerprint density at radius 3 is 2.49 bits per heavy atom. The molecular weight excluding hydrogens is 434 g/mol. The lowest BCUT2D eigenvalue weighted by Gasteiger charge is -2.08. The first-order chi connectivity index (χ1) is 17.0. The number of benzene rings is 3. The van der Waals surface area contributed by atoms with Crippen LogP contribution in [0.15, 0.2) is 85.1 Å². The van der Waals surface area contributed by atoms with Gasteiger partial charge in [-0.3, -0.25) is 4.79 Å². The van der Waals surface area contributed by atoms with E-state index < -0.39 is 0 Å². The average molecular weight is 468 g/mol. The number of rotatable bonds is 10. The number of fused-ring (bicyclic) bond motifs is 1. The van der Waals surface area contributed by atoms with Crippen LogP contribution < -0.4 is 10.1 Å². The SMILES string of the molecule is COc1ccc(CNC(=O)C=Cc2ccc3c(c2)c(CCN(C)C)cn3Cc2ccccc2)cc1. The number of hydrogen-bond acceptors (Lipinski definition) is 3. The monoisotopic (exact) mass is 467 g/mol. The molecule has 0 aliphatic carbocycles. The van der Waals surface area contributed by atoms with Crippen LogP contribution >= 0.6 is 0 Å². The van der Waals surface area contributed by atoms with Crippen LogP contribution in [0.25, 0.3) is 17.0 Å². The maximum absolute atomic E-state index is 12.4. The predicted molar refractivity (Wildman–Crippen MR) is 144 cm³/mol. The molecule has 0 aliphatic rings. The van der Waals surface area contributed by atoms with E-state index in [0.717, 1.165) is 36.4 Å². The fourth-order valence-electron chi connectivity index (χ4n) is 4.11. The molecule has 180 valence electrons. The first-order valence-electron chi connectivity index (χ1n) is 11.9. The van der Waals surface area contributed by atoms with Gasteiger partial charge in [-0.1, -0.05) is 48.5 Å². The molecule has 1 aromatic heterocycles. The van der Waals surface area contributed by atoms with Crippen molar-refractivity contribution in [1.29, 1.82) is 0 Å². The zero-order chi connectivity index (χ0) is 24.6. The van der Waals surface area contributed by atoms with Crippen LogP contribution in [0.4, 0.5) is 0 Å². The summed E-state index contributed by atoms with van der Waals surface area (Å²) in [4.78, 5) is 14.6. The average Bonchev–Trinajstić information content (AvgIpc) is 3.22. The summed E-state index contributed by atoms with van der Waals surface area (Å²) >= 11 is 0. The number of nitrogens with zero attached hydrogens (tertiary/aromatic N) is 2. The maximum atomic E-state index is 12.4. The number of carbonyl (C=O) groups is 1. The van der Waals surface area contributed by atoms with Crippen LogP contribution in [0.5, 0.6) is 5.75 Å². The van der Waals surface area contributed by atoms with E-state index in [1.807, 2.05) is 36.4 Å². The van der Waals surface area contributed by atoms with Crippen molar-refractivity contribution >= 4 is 22.9 Å². The van der Waals surface area contributed by atoms with Gasteiger partial charge in [0.05, 0.1) is 7.11 Å². The van der Waals surface area contributed by atoms with Crippen LogP contribution in [0.3, 0.4) is 0 Å².